The Morgan fingerprint density at radius 3 is 2.68 bits per heavy atom. The summed E-state index contributed by atoms with van der Waals surface area (Å²) in [6.07, 6.45) is 3.53. The van der Waals surface area contributed by atoms with E-state index in [4.69, 9.17) is 4.42 Å². The number of hydrogen-bond donors (Lipinski definition) is 0. The Kier molecular flexibility index (Phi) is 4.03. The number of amides is 2. The van der Waals surface area contributed by atoms with Crippen LogP contribution in [0.5, 0.6) is 0 Å². The van der Waals surface area contributed by atoms with Gasteiger partial charge in [-0.3, -0.25) is 9.59 Å². The first kappa shape index (κ1) is 15.9. The number of aromatic nitrogens is 1. The van der Waals surface area contributed by atoms with Crippen LogP contribution in [-0.2, 0) is 4.79 Å². The van der Waals surface area contributed by atoms with E-state index >= 15 is 0 Å². The second-order valence-corrected chi connectivity index (χ2v) is 6.83. The van der Waals surface area contributed by atoms with Crippen LogP contribution in [0, 0.1) is 5.92 Å². The molecule has 3 heterocycles. The Hall–Kier alpha value is -2.63. The summed E-state index contributed by atoms with van der Waals surface area (Å²) in [4.78, 5) is 32.4. The van der Waals surface area contributed by atoms with Crippen molar-refractivity contribution in [3.63, 3.8) is 0 Å². The van der Waals surface area contributed by atoms with Crippen LogP contribution < -0.4 is 0 Å². The van der Waals surface area contributed by atoms with Crippen molar-refractivity contribution in [2.24, 2.45) is 5.92 Å². The molecule has 2 aromatic rings. The molecule has 0 radical (unpaired) electrons. The van der Waals surface area contributed by atoms with E-state index in [2.05, 4.69) is 17.1 Å². The SMILES string of the molecule is CC(=O)N1C[C@H](c2ccccc2)[C@H]2CN(C(=O)c3cnco3)CC[C@H]21. The predicted molar refractivity (Wildman–Crippen MR) is 90.9 cm³/mol. The first-order chi connectivity index (χ1) is 12.1. The molecule has 2 aliphatic rings. The highest BCUT2D eigenvalue weighted by atomic mass is 16.3. The molecule has 0 saturated carbocycles. The number of hydrogen-bond acceptors (Lipinski definition) is 4. The topological polar surface area (TPSA) is 66.7 Å². The monoisotopic (exact) mass is 339 g/mol. The van der Waals surface area contributed by atoms with E-state index in [9.17, 15) is 9.59 Å². The van der Waals surface area contributed by atoms with Crippen molar-refractivity contribution in [2.45, 2.75) is 25.3 Å². The Balaban J connectivity index is 1.60. The molecule has 25 heavy (non-hydrogen) atoms. The van der Waals surface area contributed by atoms with Gasteiger partial charge < -0.3 is 14.2 Å². The summed E-state index contributed by atoms with van der Waals surface area (Å²) in [6, 6.07) is 10.5. The molecule has 2 amide bonds. The van der Waals surface area contributed by atoms with Crippen LogP contribution in [0.3, 0.4) is 0 Å². The van der Waals surface area contributed by atoms with Crippen molar-refractivity contribution in [3.05, 3.63) is 54.2 Å². The lowest BCUT2D eigenvalue weighted by Gasteiger charge is -2.38. The van der Waals surface area contributed by atoms with Crippen LogP contribution >= 0.6 is 0 Å². The van der Waals surface area contributed by atoms with Gasteiger partial charge in [-0.1, -0.05) is 30.3 Å². The summed E-state index contributed by atoms with van der Waals surface area (Å²) < 4.78 is 5.16. The number of rotatable bonds is 2. The average Bonchev–Trinajstić information content (AvgIpc) is 3.29. The maximum absolute atomic E-state index is 12.6. The number of likely N-dealkylation sites (tertiary alicyclic amines) is 2. The van der Waals surface area contributed by atoms with E-state index < -0.39 is 0 Å². The van der Waals surface area contributed by atoms with Gasteiger partial charge in [0.15, 0.2) is 6.39 Å². The molecule has 1 aromatic heterocycles. The minimum absolute atomic E-state index is 0.114. The Bertz CT molecular complexity index is 759. The van der Waals surface area contributed by atoms with E-state index in [1.165, 1.54) is 18.2 Å². The number of oxazole rings is 1. The minimum atomic E-state index is -0.121. The molecular formula is C19H21N3O3. The summed E-state index contributed by atoms with van der Waals surface area (Å²) in [7, 11) is 0. The van der Waals surface area contributed by atoms with Gasteiger partial charge in [0.1, 0.15) is 0 Å². The lowest BCUT2D eigenvalue weighted by molar-refractivity contribution is -0.130. The molecule has 0 N–H and O–H groups in total. The first-order valence-corrected chi connectivity index (χ1v) is 8.65. The third-order valence-electron chi connectivity index (χ3n) is 5.49. The molecule has 2 fully saturated rings. The molecule has 0 aliphatic carbocycles. The van der Waals surface area contributed by atoms with Crippen LogP contribution in [-0.4, -0.2) is 52.3 Å². The fourth-order valence-corrected chi connectivity index (χ4v) is 4.31. The van der Waals surface area contributed by atoms with Crippen molar-refractivity contribution in [1.82, 2.24) is 14.8 Å². The number of nitrogens with zero attached hydrogens (tertiary/aromatic N) is 3. The highest BCUT2D eigenvalue weighted by molar-refractivity contribution is 5.91. The molecule has 6 nitrogen and oxygen atoms in total. The average molecular weight is 339 g/mol. The van der Waals surface area contributed by atoms with E-state index in [1.807, 2.05) is 28.0 Å². The van der Waals surface area contributed by atoms with Gasteiger partial charge in [-0.25, -0.2) is 4.98 Å². The summed E-state index contributed by atoms with van der Waals surface area (Å²) in [5, 5.41) is 0. The molecule has 130 valence electrons. The molecule has 0 unspecified atom stereocenters. The van der Waals surface area contributed by atoms with E-state index in [1.54, 1.807) is 6.92 Å². The first-order valence-electron chi connectivity index (χ1n) is 8.65. The molecule has 6 heteroatoms. The fourth-order valence-electron chi connectivity index (χ4n) is 4.31. The summed E-state index contributed by atoms with van der Waals surface area (Å²) in [6.45, 7) is 3.62. The fraction of sp³-hybridized carbons (Fsp3) is 0.421. The third-order valence-corrected chi connectivity index (χ3v) is 5.49. The Morgan fingerprint density at radius 1 is 1.20 bits per heavy atom. The van der Waals surface area contributed by atoms with Crippen molar-refractivity contribution < 1.29 is 14.0 Å². The summed E-state index contributed by atoms with van der Waals surface area (Å²) >= 11 is 0. The van der Waals surface area contributed by atoms with Gasteiger partial charge in [-0.2, -0.15) is 0 Å². The van der Waals surface area contributed by atoms with Crippen molar-refractivity contribution in [2.75, 3.05) is 19.6 Å². The molecular weight excluding hydrogens is 318 g/mol. The van der Waals surface area contributed by atoms with Crippen LogP contribution in [0.1, 0.15) is 35.4 Å². The predicted octanol–water partition coefficient (Wildman–Crippen LogP) is 2.15. The van der Waals surface area contributed by atoms with Crippen LogP contribution in [0.2, 0.25) is 0 Å². The molecule has 0 spiro atoms. The molecule has 0 bridgehead atoms. The van der Waals surface area contributed by atoms with Gasteiger partial charge in [0, 0.05) is 44.4 Å². The number of carbonyl (C=O) groups is 2. The summed E-state index contributed by atoms with van der Waals surface area (Å²) in [5.41, 5.74) is 1.23. The zero-order chi connectivity index (χ0) is 17.4. The molecule has 4 rings (SSSR count). The number of fused-ring (bicyclic) bond motifs is 1. The standard InChI is InChI=1S/C19H21N3O3/c1-13(23)22-11-15(14-5-3-2-4-6-14)16-10-21(8-7-17(16)22)19(24)18-9-20-12-25-18/h2-6,9,12,15-17H,7-8,10-11H2,1H3/t15-,16-,17-/m1/s1. The van der Waals surface area contributed by atoms with Gasteiger partial charge in [0.05, 0.1) is 6.20 Å². The Morgan fingerprint density at radius 2 is 2.00 bits per heavy atom. The van der Waals surface area contributed by atoms with Gasteiger partial charge in [0.25, 0.3) is 5.91 Å². The molecule has 2 aliphatic heterocycles. The van der Waals surface area contributed by atoms with Gasteiger partial charge in [-0.15, -0.1) is 0 Å². The highest BCUT2D eigenvalue weighted by Gasteiger charge is 2.47. The Labute approximate surface area is 146 Å². The van der Waals surface area contributed by atoms with E-state index in [0.29, 0.717) is 13.1 Å². The van der Waals surface area contributed by atoms with Gasteiger partial charge in [0.2, 0.25) is 11.7 Å². The lowest BCUT2D eigenvalue weighted by atomic mass is 9.82. The van der Waals surface area contributed by atoms with Crippen molar-refractivity contribution in [1.29, 1.82) is 0 Å². The second kappa shape index (κ2) is 6.35. The maximum atomic E-state index is 12.6. The van der Waals surface area contributed by atoms with Crippen LogP contribution in [0.25, 0.3) is 0 Å². The van der Waals surface area contributed by atoms with Crippen molar-refractivity contribution in [3.8, 4) is 0 Å². The van der Waals surface area contributed by atoms with E-state index in [0.717, 1.165) is 13.0 Å². The quantitative estimate of drug-likeness (QED) is 0.841. The van der Waals surface area contributed by atoms with E-state index in [-0.39, 0.29) is 35.5 Å². The molecule has 2 saturated heterocycles. The third kappa shape index (κ3) is 2.81. The maximum Gasteiger partial charge on any atom is 0.291 e. The van der Waals surface area contributed by atoms with Crippen LogP contribution in [0.15, 0.2) is 47.3 Å². The van der Waals surface area contributed by atoms with Crippen molar-refractivity contribution >= 4 is 11.8 Å². The molecule has 3 atom stereocenters. The molecule has 1 aromatic carbocycles. The zero-order valence-corrected chi connectivity index (χ0v) is 14.2. The highest BCUT2D eigenvalue weighted by Crippen LogP contribution is 2.41. The zero-order valence-electron chi connectivity index (χ0n) is 14.2. The lowest BCUT2D eigenvalue weighted by Crippen LogP contribution is -2.49. The number of carbonyl (C=O) groups excluding carboxylic acids is 2. The second-order valence-electron chi connectivity index (χ2n) is 6.83. The smallest absolute Gasteiger partial charge is 0.291 e. The van der Waals surface area contributed by atoms with Crippen LogP contribution in [0.4, 0.5) is 0 Å². The van der Waals surface area contributed by atoms with Gasteiger partial charge >= 0.3 is 0 Å². The number of benzene rings is 1. The normalized spacial score (nSPS) is 25.7. The number of piperidine rings is 1. The van der Waals surface area contributed by atoms with Gasteiger partial charge in [-0.05, 0) is 12.0 Å². The largest absolute Gasteiger partial charge is 0.438 e. The minimum Gasteiger partial charge on any atom is -0.438 e. The summed E-state index contributed by atoms with van der Waals surface area (Å²) in [5.74, 6) is 0.760.